The molecule has 0 fully saturated rings. The van der Waals surface area contributed by atoms with E-state index < -0.39 is 23.5 Å². The van der Waals surface area contributed by atoms with Crippen molar-refractivity contribution >= 4 is 21.9 Å². The van der Waals surface area contributed by atoms with Crippen LogP contribution in [0.4, 0.5) is 8.78 Å². The van der Waals surface area contributed by atoms with Gasteiger partial charge < -0.3 is 5.11 Å². The van der Waals surface area contributed by atoms with Gasteiger partial charge in [-0.05, 0) is 41.8 Å². The molecule has 0 amide bonds. The van der Waals surface area contributed by atoms with E-state index >= 15 is 0 Å². The van der Waals surface area contributed by atoms with Crippen molar-refractivity contribution in [2.75, 3.05) is 0 Å². The molecule has 2 nitrogen and oxygen atoms in total. The average Bonchev–Trinajstić information content (AvgIpc) is 2.39. The number of aliphatic carboxylic acids is 1. The van der Waals surface area contributed by atoms with E-state index in [4.69, 9.17) is 0 Å². The minimum atomic E-state index is -1.01. The normalized spacial score (nSPS) is 12.2. The largest absolute Gasteiger partial charge is 0.481 e. The molecular formula is C15H11BrF2O2. The molecule has 0 aromatic heterocycles. The van der Waals surface area contributed by atoms with Gasteiger partial charge in [-0.1, -0.05) is 34.1 Å². The van der Waals surface area contributed by atoms with Gasteiger partial charge in [0.25, 0.3) is 0 Å². The van der Waals surface area contributed by atoms with Crippen LogP contribution in [0.25, 0.3) is 0 Å². The number of benzene rings is 2. The Balaban J connectivity index is 2.30. The van der Waals surface area contributed by atoms with Gasteiger partial charge in [-0.15, -0.1) is 0 Å². The van der Waals surface area contributed by atoms with Crippen LogP contribution in [-0.2, 0) is 11.2 Å². The summed E-state index contributed by atoms with van der Waals surface area (Å²) in [4.78, 5) is 11.4. The highest BCUT2D eigenvalue weighted by molar-refractivity contribution is 9.10. The van der Waals surface area contributed by atoms with Gasteiger partial charge in [0, 0.05) is 4.47 Å². The number of rotatable bonds is 4. The molecule has 0 heterocycles. The molecule has 0 radical (unpaired) electrons. The Kier molecular flexibility index (Phi) is 4.49. The Morgan fingerprint density at radius 2 is 1.70 bits per heavy atom. The fraction of sp³-hybridized carbons (Fsp3) is 0.133. The summed E-state index contributed by atoms with van der Waals surface area (Å²) in [7, 11) is 0. The van der Waals surface area contributed by atoms with E-state index in [1.807, 2.05) is 0 Å². The Labute approximate surface area is 123 Å². The summed E-state index contributed by atoms with van der Waals surface area (Å²) in [5.74, 6) is -2.62. The predicted molar refractivity (Wildman–Crippen MR) is 74.6 cm³/mol. The molecule has 1 atom stereocenters. The van der Waals surface area contributed by atoms with Gasteiger partial charge >= 0.3 is 5.97 Å². The predicted octanol–water partition coefficient (Wildman–Crippen LogP) is 4.14. The first kappa shape index (κ1) is 14.7. The molecule has 0 saturated heterocycles. The second-order valence-electron chi connectivity index (χ2n) is 4.38. The zero-order valence-electron chi connectivity index (χ0n) is 10.3. The van der Waals surface area contributed by atoms with Crippen LogP contribution in [0.2, 0.25) is 0 Å². The lowest BCUT2D eigenvalue weighted by Gasteiger charge is -2.14. The van der Waals surface area contributed by atoms with Crippen molar-refractivity contribution in [2.24, 2.45) is 0 Å². The lowest BCUT2D eigenvalue weighted by Crippen LogP contribution is -2.14. The summed E-state index contributed by atoms with van der Waals surface area (Å²) in [5.41, 5.74) is 1.19. The molecule has 0 saturated carbocycles. The monoisotopic (exact) mass is 340 g/mol. The van der Waals surface area contributed by atoms with Gasteiger partial charge in [0.05, 0.1) is 5.92 Å². The highest BCUT2D eigenvalue weighted by Gasteiger charge is 2.21. The van der Waals surface area contributed by atoms with Gasteiger partial charge in [0.2, 0.25) is 0 Å². The Bertz CT molecular complexity index is 626. The third-order valence-electron chi connectivity index (χ3n) is 3.01. The van der Waals surface area contributed by atoms with E-state index in [0.717, 1.165) is 0 Å². The second-order valence-corrected chi connectivity index (χ2v) is 5.24. The number of halogens is 3. The lowest BCUT2D eigenvalue weighted by molar-refractivity contribution is -0.138. The molecule has 104 valence electrons. The number of carbonyl (C=O) groups is 1. The van der Waals surface area contributed by atoms with E-state index in [2.05, 4.69) is 15.9 Å². The highest BCUT2D eigenvalue weighted by atomic mass is 79.9. The molecule has 0 aliphatic carbocycles. The van der Waals surface area contributed by atoms with E-state index in [-0.39, 0.29) is 6.42 Å². The first-order valence-electron chi connectivity index (χ1n) is 5.89. The minimum Gasteiger partial charge on any atom is -0.481 e. The van der Waals surface area contributed by atoms with Gasteiger partial charge in [-0.3, -0.25) is 4.79 Å². The summed E-state index contributed by atoms with van der Waals surface area (Å²) >= 11 is 3.22. The zero-order valence-corrected chi connectivity index (χ0v) is 11.9. The van der Waals surface area contributed by atoms with Crippen LogP contribution in [0.5, 0.6) is 0 Å². The molecule has 20 heavy (non-hydrogen) atoms. The van der Waals surface area contributed by atoms with Crippen LogP contribution >= 0.6 is 15.9 Å². The maximum absolute atomic E-state index is 13.0. The Morgan fingerprint density at radius 3 is 2.25 bits per heavy atom. The first-order valence-corrected chi connectivity index (χ1v) is 6.69. The number of hydrogen-bond donors (Lipinski definition) is 1. The van der Waals surface area contributed by atoms with Crippen LogP contribution in [-0.4, -0.2) is 11.1 Å². The third-order valence-corrected chi connectivity index (χ3v) is 3.75. The van der Waals surface area contributed by atoms with Crippen LogP contribution < -0.4 is 0 Å². The van der Waals surface area contributed by atoms with E-state index in [9.17, 15) is 18.7 Å². The highest BCUT2D eigenvalue weighted by Crippen LogP contribution is 2.26. The van der Waals surface area contributed by atoms with Crippen molar-refractivity contribution in [3.05, 3.63) is 69.7 Å². The topological polar surface area (TPSA) is 37.3 Å². The van der Waals surface area contributed by atoms with Crippen molar-refractivity contribution in [1.29, 1.82) is 0 Å². The van der Waals surface area contributed by atoms with Crippen molar-refractivity contribution in [3.8, 4) is 0 Å². The van der Waals surface area contributed by atoms with Gasteiger partial charge in [0.15, 0.2) is 0 Å². The summed E-state index contributed by atoms with van der Waals surface area (Å²) < 4.78 is 26.4. The van der Waals surface area contributed by atoms with Crippen molar-refractivity contribution in [2.45, 2.75) is 12.3 Å². The van der Waals surface area contributed by atoms with Crippen LogP contribution in [0.15, 0.2) is 46.9 Å². The SMILES string of the molecule is O=C(O)C(Cc1ccc(F)cc1Br)c1ccc(F)cc1. The van der Waals surface area contributed by atoms with Gasteiger partial charge in [0.1, 0.15) is 11.6 Å². The van der Waals surface area contributed by atoms with Crippen LogP contribution in [0.1, 0.15) is 17.0 Å². The number of carboxylic acids is 1. The Hall–Kier alpha value is -1.75. The molecule has 0 aliphatic rings. The molecule has 1 N–H and O–H groups in total. The summed E-state index contributed by atoms with van der Waals surface area (Å²) in [6, 6.07) is 9.47. The Morgan fingerprint density at radius 1 is 1.10 bits per heavy atom. The fourth-order valence-electron chi connectivity index (χ4n) is 1.95. The minimum absolute atomic E-state index is 0.196. The molecule has 5 heteroatoms. The molecule has 0 bridgehead atoms. The van der Waals surface area contributed by atoms with E-state index in [1.165, 1.54) is 36.4 Å². The fourth-order valence-corrected chi connectivity index (χ4v) is 2.46. The molecule has 2 aromatic carbocycles. The second kappa shape index (κ2) is 6.13. The quantitative estimate of drug-likeness (QED) is 0.908. The molecule has 2 aromatic rings. The van der Waals surface area contributed by atoms with E-state index in [0.29, 0.717) is 15.6 Å². The van der Waals surface area contributed by atoms with Crippen LogP contribution in [0, 0.1) is 11.6 Å². The summed E-state index contributed by atoms with van der Waals surface area (Å²) in [5, 5.41) is 9.32. The number of carboxylic acid groups (broad SMARTS) is 1. The van der Waals surface area contributed by atoms with Crippen molar-refractivity contribution in [3.63, 3.8) is 0 Å². The van der Waals surface area contributed by atoms with Crippen LogP contribution in [0.3, 0.4) is 0 Å². The smallest absolute Gasteiger partial charge is 0.311 e. The molecular weight excluding hydrogens is 330 g/mol. The standard InChI is InChI=1S/C15H11BrF2O2/c16-14-8-12(18)6-3-10(14)7-13(15(19)20)9-1-4-11(17)5-2-9/h1-6,8,13H,7H2,(H,19,20). The maximum Gasteiger partial charge on any atom is 0.311 e. The third kappa shape index (κ3) is 3.42. The van der Waals surface area contributed by atoms with Crippen molar-refractivity contribution in [1.82, 2.24) is 0 Å². The first-order chi connectivity index (χ1) is 9.47. The van der Waals surface area contributed by atoms with E-state index in [1.54, 1.807) is 6.07 Å². The summed E-state index contributed by atoms with van der Waals surface area (Å²) in [6.07, 6.45) is 0.196. The molecule has 0 aliphatic heterocycles. The van der Waals surface area contributed by atoms with Gasteiger partial charge in [-0.25, -0.2) is 8.78 Å². The van der Waals surface area contributed by atoms with Crippen molar-refractivity contribution < 1.29 is 18.7 Å². The molecule has 2 rings (SSSR count). The maximum atomic E-state index is 13.0. The summed E-state index contributed by atoms with van der Waals surface area (Å²) in [6.45, 7) is 0. The zero-order chi connectivity index (χ0) is 14.7. The van der Waals surface area contributed by atoms with Gasteiger partial charge in [-0.2, -0.15) is 0 Å². The molecule has 0 spiro atoms. The average molecular weight is 341 g/mol. The molecule has 1 unspecified atom stereocenters. The lowest BCUT2D eigenvalue weighted by atomic mass is 9.92. The number of hydrogen-bond acceptors (Lipinski definition) is 1.